The second-order valence-electron chi connectivity index (χ2n) is 10.7. The van der Waals surface area contributed by atoms with Crippen LogP contribution in [0.2, 0.25) is 0 Å². The first-order chi connectivity index (χ1) is 17.7. The third kappa shape index (κ3) is 3.82. The first-order valence-corrected chi connectivity index (χ1v) is 13.5. The van der Waals surface area contributed by atoms with Crippen LogP contribution in [-0.2, 0) is 24.0 Å². The average molecular weight is 479 g/mol. The first-order valence-electron chi connectivity index (χ1n) is 13.5. The number of hydrogen-bond donors (Lipinski definition) is 0. The van der Waals surface area contributed by atoms with Gasteiger partial charge in [0.15, 0.2) is 0 Å². The molecule has 0 spiro atoms. The van der Waals surface area contributed by atoms with Gasteiger partial charge in [-0.25, -0.2) is 4.98 Å². The zero-order valence-electron chi connectivity index (χ0n) is 21.1. The maximum Gasteiger partial charge on any atom is 0.0991 e. The predicted molar refractivity (Wildman–Crippen MR) is 145 cm³/mol. The normalized spacial score (nSPS) is 21.8. The van der Waals surface area contributed by atoms with Gasteiger partial charge in [0.05, 0.1) is 19.0 Å². The minimum absolute atomic E-state index is 0.187. The van der Waals surface area contributed by atoms with Crippen LogP contribution in [0.25, 0.3) is 16.5 Å². The smallest absolute Gasteiger partial charge is 0.0991 e. The summed E-state index contributed by atoms with van der Waals surface area (Å²) >= 11 is 0. The van der Waals surface area contributed by atoms with Gasteiger partial charge in [-0.2, -0.15) is 0 Å². The number of piperazine rings is 1. The molecular formula is C31H34N4O. The highest BCUT2D eigenvalue weighted by Crippen LogP contribution is 2.37. The molecule has 0 amide bonds. The van der Waals surface area contributed by atoms with Gasteiger partial charge in [0.25, 0.3) is 0 Å². The molecule has 0 bridgehead atoms. The van der Waals surface area contributed by atoms with E-state index in [1.807, 2.05) is 18.7 Å². The maximum absolute atomic E-state index is 6.27. The summed E-state index contributed by atoms with van der Waals surface area (Å²) in [6.45, 7) is 7.53. The highest BCUT2D eigenvalue weighted by molar-refractivity contribution is 5.99. The van der Waals surface area contributed by atoms with E-state index in [4.69, 9.17) is 4.74 Å². The van der Waals surface area contributed by atoms with Crippen molar-refractivity contribution in [3.8, 4) is 5.69 Å². The molecule has 36 heavy (non-hydrogen) atoms. The third-order valence-corrected chi connectivity index (χ3v) is 8.60. The van der Waals surface area contributed by atoms with Crippen LogP contribution in [0.1, 0.15) is 41.7 Å². The topological polar surface area (TPSA) is 33.5 Å². The standard InChI is InChI=1S/C31H34N4O/c1-22-20-34(29-10-7-24-6-5-23-3-2-4-28(29)31(23)24)17-16-33(22)14-11-30-27-9-8-26(35-15-13-32-21-35)19-25(27)12-18-36-30/h2-4,7-10,13,15,19,21-22,30H,5-6,11-12,14,16-18,20H2,1H3/t22-,30+/m1/s1. The van der Waals surface area contributed by atoms with E-state index in [0.717, 1.165) is 45.6 Å². The van der Waals surface area contributed by atoms with Gasteiger partial charge in [0, 0.05) is 61.4 Å². The molecule has 0 saturated carbocycles. The minimum atomic E-state index is 0.187. The van der Waals surface area contributed by atoms with Crippen molar-refractivity contribution in [1.82, 2.24) is 14.5 Å². The van der Waals surface area contributed by atoms with Crippen molar-refractivity contribution in [2.45, 2.75) is 44.8 Å². The molecule has 1 aromatic heterocycles. The summed E-state index contributed by atoms with van der Waals surface area (Å²) in [5.41, 5.74) is 8.44. The minimum Gasteiger partial charge on any atom is -0.373 e. The summed E-state index contributed by atoms with van der Waals surface area (Å²) in [7, 11) is 0. The quantitative estimate of drug-likeness (QED) is 0.388. The fourth-order valence-electron chi connectivity index (χ4n) is 6.67. The Morgan fingerprint density at radius 2 is 1.89 bits per heavy atom. The molecule has 1 fully saturated rings. The molecule has 3 aliphatic rings. The van der Waals surface area contributed by atoms with E-state index in [-0.39, 0.29) is 6.10 Å². The van der Waals surface area contributed by atoms with Crippen LogP contribution < -0.4 is 4.90 Å². The van der Waals surface area contributed by atoms with E-state index in [1.165, 1.54) is 57.2 Å². The Morgan fingerprint density at radius 3 is 2.75 bits per heavy atom. The van der Waals surface area contributed by atoms with Crippen LogP contribution in [0, 0.1) is 0 Å². The monoisotopic (exact) mass is 478 g/mol. The number of anilines is 1. The fourth-order valence-corrected chi connectivity index (χ4v) is 6.67. The van der Waals surface area contributed by atoms with E-state index in [0.29, 0.717) is 6.04 Å². The van der Waals surface area contributed by atoms with Crippen LogP contribution in [-0.4, -0.2) is 53.3 Å². The number of hydrogen-bond acceptors (Lipinski definition) is 4. The molecule has 4 aromatic rings. The molecule has 0 unspecified atom stereocenters. The number of fused-ring (bicyclic) bond motifs is 1. The van der Waals surface area contributed by atoms with E-state index in [2.05, 4.69) is 74.8 Å². The molecule has 7 rings (SSSR count). The summed E-state index contributed by atoms with van der Waals surface area (Å²) < 4.78 is 8.35. The second kappa shape index (κ2) is 9.06. The van der Waals surface area contributed by atoms with Crippen LogP contribution in [0.15, 0.2) is 67.3 Å². The van der Waals surface area contributed by atoms with E-state index < -0.39 is 0 Å². The Bertz CT molecular complexity index is 1390. The zero-order chi connectivity index (χ0) is 24.1. The molecular weight excluding hydrogens is 444 g/mol. The lowest BCUT2D eigenvalue weighted by Gasteiger charge is -2.42. The number of rotatable bonds is 5. The van der Waals surface area contributed by atoms with E-state index >= 15 is 0 Å². The predicted octanol–water partition coefficient (Wildman–Crippen LogP) is 5.34. The summed E-state index contributed by atoms with van der Waals surface area (Å²) in [4.78, 5) is 9.47. The molecule has 1 saturated heterocycles. The maximum atomic E-state index is 6.27. The molecule has 5 heteroatoms. The highest BCUT2D eigenvalue weighted by atomic mass is 16.5. The number of imidazole rings is 1. The molecule has 5 nitrogen and oxygen atoms in total. The summed E-state index contributed by atoms with van der Waals surface area (Å²) in [6.07, 6.45) is 10.3. The number of nitrogens with zero attached hydrogens (tertiary/aromatic N) is 4. The number of benzene rings is 3. The SMILES string of the molecule is C[C@@H]1CN(c2ccc3c4c(cccc24)CC3)CCN1CC[C@@H]1OCCc2cc(-n3ccnc3)ccc21. The van der Waals surface area contributed by atoms with Gasteiger partial charge in [-0.3, -0.25) is 4.90 Å². The lowest BCUT2D eigenvalue weighted by molar-refractivity contribution is 0.0255. The Hall–Kier alpha value is -3.15. The van der Waals surface area contributed by atoms with Gasteiger partial charge in [0.2, 0.25) is 0 Å². The summed E-state index contributed by atoms with van der Waals surface area (Å²) in [6, 6.07) is 18.9. The van der Waals surface area contributed by atoms with Crippen molar-refractivity contribution in [1.29, 1.82) is 0 Å². The molecule has 1 aliphatic carbocycles. The van der Waals surface area contributed by atoms with E-state index in [9.17, 15) is 0 Å². The van der Waals surface area contributed by atoms with Crippen LogP contribution in [0.4, 0.5) is 5.69 Å². The van der Waals surface area contributed by atoms with Gasteiger partial charge >= 0.3 is 0 Å². The highest BCUT2D eigenvalue weighted by Gasteiger charge is 2.28. The molecule has 184 valence electrons. The molecule has 2 aliphatic heterocycles. The van der Waals surface area contributed by atoms with Gasteiger partial charge in [0.1, 0.15) is 0 Å². The average Bonchev–Trinajstić information content (AvgIpc) is 3.60. The van der Waals surface area contributed by atoms with Crippen LogP contribution in [0.3, 0.4) is 0 Å². The van der Waals surface area contributed by atoms with Crippen molar-refractivity contribution in [3.63, 3.8) is 0 Å². The van der Waals surface area contributed by atoms with E-state index in [1.54, 1.807) is 0 Å². The van der Waals surface area contributed by atoms with Crippen LogP contribution >= 0.6 is 0 Å². The largest absolute Gasteiger partial charge is 0.373 e. The van der Waals surface area contributed by atoms with Gasteiger partial charge in [-0.15, -0.1) is 0 Å². The Balaban J connectivity index is 1.03. The molecule has 3 aromatic carbocycles. The second-order valence-corrected chi connectivity index (χ2v) is 10.7. The van der Waals surface area contributed by atoms with Gasteiger partial charge in [-0.05, 0) is 78.4 Å². The van der Waals surface area contributed by atoms with Crippen molar-refractivity contribution in [2.24, 2.45) is 0 Å². The Labute approximate surface area is 213 Å². The fraction of sp³-hybridized carbons (Fsp3) is 0.387. The lowest BCUT2D eigenvalue weighted by atomic mass is 9.94. The lowest BCUT2D eigenvalue weighted by Crippen LogP contribution is -2.52. The molecule has 2 atom stereocenters. The number of ether oxygens (including phenoxy) is 1. The van der Waals surface area contributed by atoms with Crippen LogP contribution in [0.5, 0.6) is 0 Å². The third-order valence-electron chi connectivity index (χ3n) is 8.60. The number of aromatic nitrogens is 2. The molecule has 0 radical (unpaired) electrons. The molecule has 3 heterocycles. The van der Waals surface area contributed by atoms with Crippen molar-refractivity contribution in [3.05, 3.63) is 89.5 Å². The zero-order valence-corrected chi connectivity index (χ0v) is 21.1. The van der Waals surface area contributed by atoms with Gasteiger partial charge in [-0.1, -0.05) is 30.3 Å². The summed E-state index contributed by atoms with van der Waals surface area (Å²) in [5.74, 6) is 0. The summed E-state index contributed by atoms with van der Waals surface area (Å²) in [5, 5.41) is 2.97. The van der Waals surface area contributed by atoms with Crippen molar-refractivity contribution >= 4 is 16.5 Å². The number of aryl methyl sites for hydroxylation is 2. The first kappa shape index (κ1) is 22.1. The molecule has 0 N–H and O–H groups in total. The van der Waals surface area contributed by atoms with Crippen molar-refractivity contribution < 1.29 is 4.74 Å². The van der Waals surface area contributed by atoms with Gasteiger partial charge < -0.3 is 14.2 Å². The Kier molecular flexibility index (Phi) is 5.55. The Morgan fingerprint density at radius 1 is 0.972 bits per heavy atom. The van der Waals surface area contributed by atoms with Crippen molar-refractivity contribution in [2.75, 3.05) is 37.7 Å².